The van der Waals surface area contributed by atoms with E-state index in [-0.39, 0.29) is 0 Å². The van der Waals surface area contributed by atoms with E-state index in [1.807, 2.05) is 18.2 Å². The molecule has 4 heteroatoms. The molecule has 0 aliphatic heterocycles. The topological polar surface area (TPSA) is 47.3 Å². The third-order valence-electron chi connectivity index (χ3n) is 2.38. The zero-order valence-electron chi connectivity index (χ0n) is 9.79. The minimum atomic E-state index is 0.312. The summed E-state index contributed by atoms with van der Waals surface area (Å²) in [5.41, 5.74) is 7.63. The van der Waals surface area contributed by atoms with Crippen molar-refractivity contribution in [1.82, 2.24) is 0 Å². The van der Waals surface area contributed by atoms with E-state index in [9.17, 15) is 0 Å². The number of rotatable bonds is 6. The normalized spacial score (nSPS) is 12.4. The molecule has 0 aromatic heterocycles. The van der Waals surface area contributed by atoms with Crippen molar-refractivity contribution < 1.29 is 4.74 Å². The summed E-state index contributed by atoms with van der Waals surface area (Å²) in [4.78, 5) is 0. The van der Waals surface area contributed by atoms with Crippen molar-refractivity contribution in [2.75, 3.05) is 24.8 Å². The highest BCUT2D eigenvalue weighted by atomic mass is 79.9. The van der Waals surface area contributed by atoms with Crippen molar-refractivity contribution in [2.45, 2.75) is 25.8 Å². The number of nitrogens with one attached hydrogen (secondary N) is 1. The molecule has 1 rings (SSSR count). The van der Waals surface area contributed by atoms with Gasteiger partial charge in [-0.2, -0.15) is 0 Å². The minimum absolute atomic E-state index is 0.312. The van der Waals surface area contributed by atoms with Crippen LogP contribution in [0.25, 0.3) is 0 Å². The molecule has 0 spiro atoms. The predicted molar refractivity (Wildman–Crippen MR) is 72.7 cm³/mol. The molecule has 0 saturated heterocycles. The largest absolute Gasteiger partial charge is 0.397 e. The van der Waals surface area contributed by atoms with Gasteiger partial charge < -0.3 is 15.8 Å². The lowest BCUT2D eigenvalue weighted by Crippen LogP contribution is -2.25. The highest BCUT2D eigenvalue weighted by Crippen LogP contribution is 2.24. The Morgan fingerprint density at radius 1 is 1.50 bits per heavy atom. The van der Waals surface area contributed by atoms with Gasteiger partial charge in [-0.05, 0) is 24.6 Å². The molecule has 3 N–H and O–H groups in total. The molecule has 3 nitrogen and oxygen atoms in total. The summed E-state index contributed by atoms with van der Waals surface area (Å²) in [6.07, 6.45) is 2.19. The lowest BCUT2D eigenvalue weighted by Gasteiger charge is -2.19. The first-order valence-electron chi connectivity index (χ1n) is 5.47. The molecule has 0 bridgehead atoms. The standard InChI is InChI=1S/C12H19BrN2O/c1-3-4-10(8-16-2)15-12-7-9(13)5-6-11(12)14/h5-7,10,15H,3-4,8,14H2,1-2H3. The summed E-state index contributed by atoms with van der Waals surface area (Å²) >= 11 is 3.44. The van der Waals surface area contributed by atoms with E-state index < -0.39 is 0 Å². The van der Waals surface area contributed by atoms with Gasteiger partial charge >= 0.3 is 0 Å². The first kappa shape index (κ1) is 13.3. The summed E-state index contributed by atoms with van der Waals surface area (Å²) in [6.45, 7) is 2.86. The number of hydrogen-bond donors (Lipinski definition) is 2. The van der Waals surface area contributed by atoms with Gasteiger partial charge in [0.25, 0.3) is 0 Å². The van der Waals surface area contributed by atoms with Gasteiger partial charge in [0.2, 0.25) is 0 Å². The van der Waals surface area contributed by atoms with Gasteiger partial charge in [0, 0.05) is 17.6 Å². The van der Waals surface area contributed by atoms with E-state index in [1.54, 1.807) is 7.11 Å². The van der Waals surface area contributed by atoms with Gasteiger partial charge in [-0.25, -0.2) is 0 Å². The summed E-state index contributed by atoms with van der Waals surface area (Å²) in [5, 5.41) is 3.41. The number of anilines is 2. The van der Waals surface area contributed by atoms with Crippen molar-refractivity contribution in [3.05, 3.63) is 22.7 Å². The van der Waals surface area contributed by atoms with E-state index >= 15 is 0 Å². The van der Waals surface area contributed by atoms with Gasteiger partial charge in [0.05, 0.1) is 18.0 Å². The minimum Gasteiger partial charge on any atom is -0.397 e. The smallest absolute Gasteiger partial charge is 0.0664 e. The molecule has 0 saturated carbocycles. The number of ether oxygens (including phenoxy) is 1. The van der Waals surface area contributed by atoms with Crippen molar-refractivity contribution in [3.8, 4) is 0 Å². The molecule has 1 unspecified atom stereocenters. The number of halogens is 1. The molecule has 0 fully saturated rings. The van der Waals surface area contributed by atoms with E-state index in [2.05, 4.69) is 28.2 Å². The lowest BCUT2D eigenvalue weighted by molar-refractivity contribution is 0.182. The average molecular weight is 287 g/mol. The lowest BCUT2D eigenvalue weighted by atomic mass is 10.1. The second-order valence-electron chi connectivity index (χ2n) is 3.82. The van der Waals surface area contributed by atoms with Gasteiger partial charge in [0.1, 0.15) is 0 Å². The Balaban J connectivity index is 2.71. The maximum absolute atomic E-state index is 5.91. The third-order valence-corrected chi connectivity index (χ3v) is 2.87. The van der Waals surface area contributed by atoms with Gasteiger partial charge in [-0.15, -0.1) is 0 Å². The van der Waals surface area contributed by atoms with Crippen molar-refractivity contribution >= 4 is 27.3 Å². The summed E-state index contributed by atoms with van der Waals surface area (Å²) in [6, 6.07) is 6.13. The quantitative estimate of drug-likeness (QED) is 0.789. The zero-order chi connectivity index (χ0) is 12.0. The molecule has 1 aromatic rings. The van der Waals surface area contributed by atoms with Gasteiger partial charge in [0.15, 0.2) is 0 Å². The van der Waals surface area contributed by atoms with Crippen molar-refractivity contribution in [1.29, 1.82) is 0 Å². The van der Waals surface area contributed by atoms with Crippen LogP contribution in [0.1, 0.15) is 19.8 Å². The zero-order valence-corrected chi connectivity index (χ0v) is 11.4. The van der Waals surface area contributed by atoms with Crippen LogP contribution in [0.3, 0.4) is 0 Å². The Kier molecular flexibility index (Phi) is 5.63. The van der Waals surface area contributed by atoms with Gasteiger partial charge in [-0.3, -0.25) is 0 Å². The van der Waals surface area contributed by atoms with E-state index in [0.29, 0.717) is 12.6 Å². The van der Waals surface area contributed by atoms with Crippen LogP contribution >= 0.6 is 15.9 Å². The van der Waals surface area contributed by atoms with Crippen LogP contribution in [-0.4, -0.2) is 19.8 Å². The average Bonchev–Trinajstić information content (AvgIpc) is 2.24. The molecule has 0 aliphatic rings. The van der Waals surface area contributed by atoms with Crippen molar-refractivity contribution in [3.63, 3.8) is 0 Å². The fraction of sp³-hybridized carbons (Fsp3) is 0.500. The fourth-order valence-corrected chi connectivity index (χ4v) is 1.98. The molecular weight excluding hydrogens is 268 g/mol. The number of hydrogen-bond acceptors (Lipinski definition) is 3. The second kappa shape index (κ2) is 6.76. The van der Waals surface area contributed by atoms with Crippen LogP contribution in [0.4, 0.5) is 11.4 Å². The monoisotopic (exact) mass is 286 g/mol. The molecule has 0 amide bonds. The SMILES string of the molecule is CCCC(COC)Nc1cc(Br)ccc1N. The van der Waals surface area contributed by atoms with Crippen LogP contribution in [0.2, 0.25) is 0 Å². The Morgan fingerprint density at radius 3 is 2.88 bits per heavy atom. The molecule has 0 radical (unpaired) electrons. The first-order valence-corrected chi connectivity index (χ1v) is 6.27. The maximum Gasteiger partial charge on any atom is 0.0664 e. The molecule has 1 aromatic carbocycles. The first-order chi connectivity index (χ1) is 7.67. The summed E-state index contributed by atoms with van der Waals surface area (Å²) in [7, 11) is 1.72. The molecular formula is C12H19BrN2O. The Hall–Kier alpha value is -0.740. The number of nitrogens with two attached hydrogens (primary N) is 1. The van der Waals surface area contributed by atoms with Gasteiger partial charge in [-0.1, -0.05) is 29.3 Å². The predicted octanol–water partition coefficient (Wildman–Crippen LogP) is 3.26. The van der Waals surface area contributed by atoms with E-state index in [0.717, 1.165) is 28.7 Å². The Bertz CT molecular complexity index is 325. The number of benzene rings is 1. The number of nitrogen functional groups attached to an aromatic ring is 1. The maximum atomic E-state index is 5.91. The molecule has 90 valence electrons. The fourth-order valence-electron chi connectivity index (χ4n) is 1.62. The Morgan fingerprint density at radius 2 is 2.25 bits per heavy atom. The van der Waals surface area contributed by atoms with E-state index in [1.165, 1.54) is 0 Å². The highest BCUT2D eigenvalue weighted by Gasteiger charge is 2.09. The number of methoxy groups -OCH3 is 1. The summed E-state index contributed by atoms with van der Waals surface area (Å²) in [5.74, 6) is 0. The molecule has 1 atom stereocenters. The molecule has 0 aliphatic carbocycles. The van der Waals surface area contributed by atoms with Crippen LogP contribution in [0.15, 0.2) is 22.7 Å². The molecule has 16 heavy (non-hydrogen) atoms. The van der Waals surface area contributed by atoms with Crippen molar-refractivity contribution in [2.24, 2.45) is 0 Å². The van der Waals surface area contributed by atoms with Crippen LogP contribution < -0.4 is 11.1 Å². The second-order valence-corrected chi connectivity index (χ2v) is 4.73. The van der Waals surface area contributed by atoms with Crippen LogP contribution in [0, 0.1) is 0 Å². The highest BCUT2D eigenvalue weighted by molar-refractivity contribution is 9.10. The van der Waals surface area contributed by atoms with Crippen LogP contribution in [0.5, 0.6) is 0 Å². The van der Waals surface area contributed by atoms with Crippen LogP contribution in [-0.2, 0) is 4.74 Å². The third kappa shape index (κ3) is 4.02. The molecule has 0 heterocycles. The van der Waals surface area contributed by atoms with E-state index in [4.69, 9.17) is 10.5 Å². The summed E-state index contributed by atoms with van der Waals surface area (Å²) < 4.78 is 6.21. The Labute approximate surface area is 105 Å².